The summed E-state index contributed by atoms with van der Waals surface area (Å²) in [5.41, 5.74) is -1.83. The van der Waals surface area contributed by atoms with E-state index in [2.05, 4.69) is 54.5 Å². The minimum atomic E-state index is -2.16. The Hall–Kier alpha value is -2.12. The number of carbonyl (C=O) groups is 2. The van der Waals surface area contributed by atoms with Crippen molar-refractivity contribution in [3.05, 3.63) is 11.6 Å². The van der Waals surface area contributed by atoms with Gasteiger partial charge in [0.1, 0.15) is 91.6 Å². The van der Waals surface area contributed by atoms with Crippen molar-refractivity contribution < 1.29 is 119 Å². The van der Waals surface area contributed by atoms with Gasteiger partial charge in [-0.15, -0.1) is 0 Å². The van der Waals surface area contributed by atoms with Crippen LogP contribution < -0.4 is 0 Å². The predicted octanol–water partition coefficient (Wildman–Crippen LogP) is -1.94. The molecule has 446 valence electrons. The van der Waals surface area contributed by atoms with Crippen LogP contribution in [0.25, 0.3) is 0 Å². The topological polar surface area (TPSA) is 391 Å². The third-order valence-electron chi connectivity index (χ3n) is 21.3. The van der Waals surface area contributed by atoms with Crippen LogP contribution in [0.2, 0.25) is 0 Å². The van der Waals surface area contributed by atoms with E-state index < -0.39 is 172 Å². The second-order valence-corrected chi connectivity index (χ2v) is 26.2. The predicted molar refractivity (Wildman–Crippen MR) is 263 cm³/mol. The summed E-state index contributed by atoms with van der Waals surface area (Å²) < 4.78 is 48.2. The molecule has 9 aliphatic rings. The second-order valence-electron chi connectivity index (χ2n) is 26.2. The monoisotopic (exact) mass is 1120 g/mol. The Bertz CT molecular complexity index is 2190. The van der Waals surface area contributed by atoms with Gasteiger partial charge in [-0.05, 0) is 109 Å². The average molecular weight is 1120 g/mol. The maximum Gasteiger partial charge on any atom is 0.335 e. The molecule has 24 nitrogen and oxygen atoms in total. The van der Waals surface area contributed by atoms with Crippen LogP contribution in [0.5, 0.6) is 0 Å². The van der Waals surface area contributed by atoms with E-state index in [1.165, 1.54) is 0 Å². The summed E-state index contributed by atoms with van der Waals surface area (Å²) in [6, 6.07) is 0. The number of allylic oxidation sites excluding steroid dienone is 1. The molecule has 4 saturated heterocycles. The summed E-state index contributed by atoms with van der Waals surface area (Å²) in [6.45, 7) is 13.2. The normalized spacial score (nSPS) is 52.8. The summed E-state index contributed by atoms with van der Waals surface area (Å²) in [7, 11) is 0. The van der Waals surface area contributed by atoms with Gasteiger partial charge in [0.15, 0.2) is 25.0 Å². The van der Waals surface area contributed by atoms with Gasteiger partial charge in [0, 0.05) is 0 Å². The fraction of sp³-hybridized carbons (Fsp3) is 0.926. The molecule has 5 aliphatic carbocycles. The van der Waals surface area contributed by atoms with Crippen molar-refractivity contribution >= 4 is 11.9 Å². The first-order chi connectivity index (χ1) is 36.5. The fourth-order valence-corrected chi connectivity index (χ4v) is 16.6. The molecule has 4 aliphatic heterocycles. The molecule has 0 aromatic rings. The van der Waals surface area contributed by atoms with Gasteiger partial charge >= 0.3 is 11.9 Å². The van der Waals surface area contributed by atoms with E-state index in [0.717, 1.165) is 31.3 Å². The lowest BCUT2D eigenvalue weighted by atomic mass is 9.32. The number of esters is 1. The first-order valence-electron chi connectivity index (χ1n) is 27.9. The van der Waals surface area contributed by atoms with Gasteiger partial charge in [0.2, 0.25) is 6.29 Å². The van der Waals surface area contributed by atoms with Gasteiger partial charge in [-0.2, -0.15) is 0 Å². The Kier molecular flexibility index (Phi) is 16.9. The summed E-state index contributed by atoms with van der Waals surface area (Å²) in [4.78, 5) is 27.7. The SMILES string of the molecule is CC1(C)C=C2C3CCC4C5(C)CCC(OC6OC(C(=O)O)C(O)C(OC7OC(CO)C(O)C(O)C7O)C6OC6OC(CO)C(O)C(O)C6O)C(C)(C)C5CCC4(C)C3(C)CCC2(C(=O)OC2OC(CO)C(O)C(O)C2O)CC1. The first kappa shape index (κ1) is 60.5. The molecule has 14 N–H and O–H groups in total. The quantitative estimate of drug-likeness (QED) is 0.0574. The van der Waals surface area contributed by atoms with Gasteiger partial charge in [-0.1, -0.05) is 60.1 Å². The Morgan fingerprint density at radius 1 is 0.513 bits per heavy atom. The van der Waals surface area contributed by atoms with Gasteiger partial charge in [0.05, 0.1) is 31.3 Å². The van der Waals surface area contributed by atoms with E-state index in [9.17, 15) is 81.1 Å². The molecule has 0 aromatic heterocycles. The van der Waals surface area contributed by atoms with Crippen molar-refractivity contribution in [2.45, 2.75) is 242 Å². The van der Waals surface area contributed by atoms with E-state index in [4.69, 9.17) is 37.9 Å². The molecule has 4 heterocycles. The lowest BCUT2D eigenvalue weighted by Gasteiger charge is -2.72. The first-order valence-corrected chi connectivity index (χ1v) is 27.9. The summed E-state index contributed by atoms with van der Waals surface area (Å²) in [5, 5.41) is 149. The third-order valence-corrected chi connectivity index (χ3v) is 21.3. The maximum atomic E-state index is 14.8. The van der Waals surface area contributed by atoms with Crippen LogP contribution >= 0.6 is 0 Å². The van der Waals surface area contributed by atoms with Gasteiger partial charge in [0.25, 0.3) is 0 Å². The van der Waals surface area contributed by atoms with Crippen molar-refractivity contribution in [2.75, 3.05) is 19.8 Å². The van der Waals surface area contributed by atoms with Gasteiger partial charge in [-0.3, -0.25) is 4.79 Å². The molecule has 28 unspecified atom stereocenters. The molecule has 4 saturated carbocycles. The standard InChI is InChI=1S/C54H86O24/c1-49(2)14-16-54(48(70)78-46-38(66)35(63)32(60)26(21-57)73-46)17-15-52(6)22(23(54)18-49)8-9-28-51(5)12-11-29(50(3,4)27(51)10-13-53(28,52)7)74-47-42(77-45-37(65)34(62)31(59)25(20-56)72-45)40(39(67)41(76-47)43(68)69)75-44-36(64)33(61)30(58)24(19-55)71-44/h18,22,24-42,44-47,55-67H,8-17,19-21H2,1-7H3,(H,68,69). The molecule has 24 heteroatoms. The van der Waals surface area contributed by atoms with Crippen LogP contribution in [0.1, 0.15) is 113 Å². The van der Waals surface area contributed by atoms with Gasteiger partial charge in [-0.25, -0.2) is 4.79 Å². The molecule has 0 radical (unpaired) electrons. The van der Waals surface area contributed by atoms with Crippen molar-refractivity contribution in [3.8, 4) is 0 Å². The number of rotatable bonds is 12. The van der Waals surface area contributed by atoms with Crippen LogP contribution in [-0.4, -0.2) is 232 Å². The molecular formula is C54H86O24. The van der Waals surface area contributed by atoms with Crippen LogP contribution in [0.15, 0.2) is 11.6 Å². The number of carboxylic acids is 1. The lowest BCUT2D eigenvalue weighted by Crippen LogP contribution is -2.69. The number of fused-ring (bicyclic) bond motifs is 7. The smallest absolute Gasteiger partial charge is 0.335 e. The van der Waals surface area contributed by atoms with Gasteiger partial charge < -0.3 is 109 Å². The minimum Gasteiger partial charge on any atom is -0.479 e. The van der Waals surface area contributed by atoms with Crippen LogP contribution in [-0.2, 0) is 47.5 Å². The highest BCUT2D eigenvalue weighted by molar-refractivity contribution is 5.82. The van der Waals surface area contributed by atoms with Crippen molar-refractivity contribution in [2.24, 2.45) is 50.2 Å². The maximum absolute atomic E-state index is 14.8. The molecule has 0 spiro atoms. The molecule has 9 rings (SSSR count). The molecule has 0 bridgehead atoms. The van der Waals surface area contributed by atoms with Crippen molar-refractivity contribution in [1.82, 2.24) is 0 Å². The zero-order chi connectivity index (χ0) is 57.1. The average Bonchev–Trinajstić information content (AvgIpc) is 3.58. The van der Waals surface area contributed by atoms with Crippen LogP contribution in [0, 0.1) is 50.2 Å². The summed E-state index contributed by atoms with van der Waals surface area (Å²) in [5.74, 6) is -2.10. The molecule has 0 amide bonds. The minimum absolute atomic E-state index is 0.0126. The Balaban J connectivity index is 0.992. The number of aliphatic carboxylic acids is 1. The molecular weight excluding hydrogens is 1030 g/mol. The van der Waals surface area contributed by atoms with Crippen molar-refractivity contribution in [1.29, 1.82) is 0 Å². The second kappa shape index (κ2) is 21.8. The highest BCUT2D eigenvalue weighted by Gasteiger charge is 2.71. The summed E-state index contributed by atoms with van der Waals surface area (Å²) >= 11 is 0. The zero-order valence-corrected chi connectivity index (χ0v) is 45.5. The molecule has 8 fully saturated rings. The number of hydrogen-bond donors (Lipinski definition) is 14. The highest BCUT2D eigenvalue weighted by atomic mass is 16.8. The van der Waals surface area contributed by atoms with E-state index in [1.807, 2.05) is 0 Å². The number of ether oxygens (including phenoxy) is 8. The van der Waals surface area contributed by atoms with Crippen molar-refractivity contribution in [3.63, 3.8) is 0 Å². The lowest BCUT2D eigenvalue weighted by molar-refractivity contribution is -0.396. The number of carboxylic acid groups (broad SMARTS) is 1. The fourth-order valence-electron chi connectivity index (χ4n) is 16.6. The van der Waals surface area contributed by atoms with E-state index in [0.29, 0.717) is 38.5 Å². The molecule has 78 heavy (non-hydrogen) atoms. The summed E-state index contributed by atoms with van der Waals surface area (Å²) in [6.07, 6.45) is -28.0. The number of aliphatic hydroxyl groups excluding tert-OH is 13. The number of hydrogen-bond acceptors (Lipinski definition) is 23. The molecule has 28 atom stereocenters. The highest BCUT2D eigenvalue weighted by Crippen LogP contribution is 2.76. The number of carbonyl (C=O) groups excluding carboxylic acids is 1. The van der Waals surface area contributed by atoms with Crippen LogP contribution in [0.3, 0.4) is 0 Å². The Morgan fingerprint density at radius 3 is 1.56 bits per heavy atom. The van der Waals surface area contributed by atoms with E-state index >= 15 is 0 Å². The Labute approximate surface area is 453 Å². The third kappa shape index (κ3) is 9.72. The van der Waals surface area contributed by atoms with E-state index in [1.54, 1.807) is 0 Å². The Morgan fingerprint density at radius 2 is 1.03 bits per heavy atom. The largest absolute Gasteiger partial charge is 0.479 e. The van der Waals surface area contributed by atoms with E-state index in [-0.39, 0.29) is 39.4 Å². The zero-order valence-electron chi connectivity index (χ0n) is 45.5. The number of aliphatic hydroxyl groups is 13. The van der Waals surface area contributed by atoms with Crippen LogP contribution in [0.4, 0.5) is 0 Å². The molecule has 0 aromatic carbocycles.